The summed E-state index contributed by atoms with van der Waals surface area (Å²) >= 11 is 11.9. The Morgan fingerprint density at radius 3 is 2.10 bits per heavy atom. The van der Waals surface area contributed by atoms with Crippen molar-refractivity contribution >= 4 is 35.1 Å². The van der Waals surface area contributed by atoms with Crippen LogP contribution < -0.4 is 4.74 Å². The van der Waals surface area contributed by atoms with Gasteiger partial charge in [0.1, 0.15) is 5.75 Å². The predicted octanol–water partition coefficient (Wildman–Crippen LogP) is 7.51. The van der Waals surface area contributed by atoms with Gasteiger partial charge in [0.15, 0.2) is 0 Å². The molecule has 0 atom stereocenters. The number of hydrogen-bond donors (Lipinski definition) is 0. The zero-order valence-corrected chi connectivity index (χ0v) is 18.8. The van der Waals surface area contributed by atoms with Crippen LogP contribution in [0.25, 0.3) is 0 Å². The van der Waals surface area contributed by atoms with Gasteiger partial charge in [0.2, 0.25) is 0 Å². The van der Waals surface area contributed by atoms with Crippen molar-refractivity contribution in [1.82, 2.24) is 0 Å². The lowest BCUT2D eigenvalue weighted by Crippen LogP contribution is -2.11. The zero-order valence-electron chi connectivity index (χ0n) is 17.3. The maximum Gasteiger partial charge on any atom is 0.343 e. The molecule has 0 spiro atoms. The molecule has 0 aliphatic carbocycles. The molecule has 4 nitrogen and oxygen atoms in total. The zero-order chi connectivity index (χ0) is 21.8. The Morgan fingerprint density at radius 1 is 0.800 bits per heavy atom. The minimum atomic E-state index is -0.614. The molecule has 0 N–H and O–H groups in total. The molecule has 0 aliphatic heterocycles. The largest absolute Gasteiger partial charge is 0.462 e. The van der Waals surface area contributed by atoms with Crippen LogP contribution in [0.15, 0.2) is 42.5 Å². The van der Waals surface area contributed by atoms with Crippen LogP contribution in [-0.4, -0.2) is 18.5 Å². The van der Waals surface area contributed by atoms with Crippen molar-refractivity contribution in [2.75, 3.05) is 6.61 Å². The van der Waals surface area contributed by atoms with Gasteiger partial charge in [-0.05, 0) is 42.8 Å². The Kier molecular flexibility index (Phi) is 10.7. The third kappa shape index (κ3) is 8.37. The van der Waals surface area contributed by atoms with Gasteiger partial charge in [-0.1, -0.05) is 81.1 Å². The molecule has 0 amide bonds. The first-order valence-corrected chi connectivity index (χ1v) is 11.2. The van der Waals surface area contributed by atoms with Crippen molar-refractivity contribution in [2.45, 2.75) is 58.3 Å². The maximum atomic E-state index is 12.4. The summed E-state index contributed by atoms with van der Waals surface area (Å²) in [7, 11) is 0. The molecule has 0 unspecified atom stereocenters. The summed E-state index contributed by atoms with van der Waals surface area (Å²) in [6.07, 6.45) is 9.42. The molecule has 0 heterocycles. The van der Waals surface area contributed by atoms with Crippen LogP contribution in [0.1, 0.15) is 79.0 Å². The van der Waals surface area contributed by atoms with Crippen LogP contribution in [-0.2, 0) is 4.74 Å². The predicted molar refractivity (Wildman–Crippen MR) is 121 cm³/mol. The van der Waals surface area contributed by atoms with Gasteiger partial charge >= 0.3 is 11.9 Å². The molecule has 0 aliphatic rings. The van der Waals surface area contributed by atoms with Crippen molar-refractivity contribution in [1.29, 1.82) is 0 Å². The number of ether oxygens (including phenoxy) is 2. The molecule has 0 bridgehead atoms. The molecule has 0 radical (unpaired) electrons. The second-order valence-corrected chi connectivity index (χ2v) is 8.00. The molecule has 30 heavy (non-hydrogen) atoms. The molecular weight excluding hydrogens is 423 g/mol. The van der Waals surface area contributed by atoms with Gasteiger partial charge in [-0.2, -0.15) is 0 Å². The Labute approximate surface area is 188 Å². The topological polar surface area (TPSA) is 52.6 Å². The van der Waals surface area contributed by atoms with Gasteiger partial charge in [-0.25, -0.2) is 9.59 Å². The SMILES string of the molecule is CCCCCCCCCCOC(=O)c1cccc(C(=O)Oc2ccc(Cl)cc2Cl)c1. The lowest BCUT2D eigenvalue weighted by molar-refractivity contribution is 0.0497. The maximum absolute atomic E-state index is 12.4. The van der Waals surface area contributed by atoms with Crippen molar-refractivity contribution < 1.29 is 19.1 Å². The first-order chi connectivity index (χ1) is 14.5. The van der Waals surface area contributed by atoms with Crippen molar-refractivity contribution in [3.63, 3.8) is 0 Å². The van der Waals surface area contributed by atoms with E-state index in [1.807, 2.05) is 0 Å². The summed E-state index contributed by atoms with van der Waals surface area (Å²) < 4.78 is 10.6. The Morgan fingerprint density at radius 2 is 1.43 bits per heavy atom. The van der Waals surface area contributed by atoms with Crippen LogP contribution in [0, 0.1) is 0 Å². The molecule has 2 aromatic rings. The number of carbonyl (C=O) groups excluding carboxylic acids is 2. The van der Waals surface area contributed by atoms with Crippen LogP contribution in [0.2, 0.25) is 10.0 Å². The summed E-state index contributed by atoms with van der Waals surface area (Å²) in [5.41, 5.74) is 0.550. The molecule has 0 saturated heterocycles. The van der Waals surface area contributed by atoms with Crippen LogP contribution in [0.5, 0.6) is 5.75 Å². The van der Waals surface area contributed by atoms with Gasteiger partial charge in [0, 0.05) is 5.02 Å². The molecule has 2 aromatic carbocycles. The van der Waals surface area contributed by atoms with Crippen molar-refractivity contribution in [3.05, 3.63) is 63.6 Å². The average Bonchev–Trinajstić information content (AvgIpc) is 2.74. The van der Waals surface area contributed by atoms with Crippen molar-refractivity contribution in [3.8, 4) is 5.75 Å². The van der Waals surface area contributed by atoms with Gasteiger partial charge in [-0.15, -0.1) is 0 Å². The van der Waals surface area contributed by atoms with Crippen molar-refractivity contribution in [2.24, 2.45) is 0 Å². The standard InChI is InChI=1S/C24H28Cl2O4/c1-2-3-4-5-6-7-8-9-15-29-23(27)18-11-10-12-19(16-18)24(28)30-22-14-13-20(25)17-21(22)26/h10-14,16-17H,2-9,15H2,1H3. The summed E-state index contributed by atoms with van der Waals surface area (Å²) in [5, 5.41) is 0.679. The van der Waals surface area contributed by atoms with E-state index in [1.165, 1.54) is 50.3 Å². The monoisotopic (exact) mass is 450 g/mol. The smallest absolute Gasteiger partial charge is 0.343 e. The molecule has 2 rings (SSSR count). The van der Waals surface area contributed by atoms with Crippen LogP contribution in [0.3, 0.4) is 0 Å². The number of esters is 2. The first-order valence-electron chi connectivity index (χ1n) is 10.5. The minimum absolute atomic E-state index is 0.203. The van der Waals surface area contributed by atoms with E-state index in [9.17, 15) is 9.59 Å². The van der Waals surface area contributed by atoms with E-state index in [0.717, 1.165) is 19.3 Å². The van der Waals surface area contributed by atoms with E-state index in [1.54, 1.807) is 24.3 Å². The van der Waals surface area contributed by atoms with Crippen LogP contribution in [0.4, 0.5) is 0 Å². The van der Waals surface area contributed by atoms with E-state index in [4.69, 9.17) is 32.7 Å². The van der Waals surface area contributed by atoms with E-state index in [-0.39, 0.29) is 16.3 Å². The fraction of sp³-hybridized carbons (Fsp3) is 0.417. The normalized spacial score (nSPS) is 10.6. The number of carbonyl (C=O) groups is 2. The first kappa shape index (κ1) is 24.2. The minimum Gasteiger partial charge on any atom is -0.462 e. The highest BCUT2D eigenvalue weighted by atomic mass is 35.5. The highest BCUT2D eigenvalue weighted by molar-refractivity contribution is 6.35. The Hall–Kier alpha value is -2.04. The Balaban J connectivity index is 1.78. The summed E-state index contributed by atoms with van der Waals surface area (Å²) in [6, 6.07) is 10.9. The van der Waals surface area contributed by atoms with E-state index >= 15 is 0 Å². The summed E-state index contributed by atoms with van der Waals surface area (Å²) in [6.45, 7) is 2.59. The lowest BCUT2D eigenvalue weighted by atomic mass is 10.1. The highest BCUT2D eigenvalue weighted by Crippen LogP contribution is 2.28. The van der Waals surface area contributed by atoms with Crippen LogP contribution >= 0.6 is 23.2 Å². The molecule has 0 saturated carbocycles. The number of benzene rings is 2. The Bertz CT molecular complexity index is 836. The van der Waals surface area contributed by atoms with Gasteiger partial charge in [-0.3, -0.25) is 0 Å². The molecule has 6 heteroatoms. The molecular formula is C24H28Cl2O4. The highest BCUT2D eigenvalue weighted by Gasteiger charge is 2.15. The number of rotatable bonds is 12. The lowest BCUT2D eigenvalue weighted by Gasteiger charge is -2.08. The fourth-order valence-corrected chi connectivity index (χ4v) is 3.42. The molecule has 162 valence electrons. The third-order valence-electron chi connectivity index (χ3n) is 4.66. The summed E-state index contributed by atoms with van der Waals surface area (Å²) in [5.74, 6) is -0.859. The van der Waals surface area contributed by atoms with E-state index < -0.39 is 11.9 Å². The fourth-order valence-electron chi connectivity index (χ4n) is 2.97. The second kappa shape index (κ2) is 13.3. The number of halogens is 2. The summed E-state index contributed by atoms with van der Waals surface area (Å²) in [4.78, 5) is 24.7. The van der Waals surface area contributed by atoms with Gasteiger partial charge in [0.05, 0.1) is 22.8 Å². The van der Waals surface area contributed by atoms with E-state index in [0.29, 0.717) is 17.2 Å². The van der Waals surface area contributed by atoms with Gasteiger partial charge < -0.3 is 9.47 Å². The number of unbranched alkanes of at least 4 members (excludes halogenated alkanes) is 7. The quantitative estimate of drug-likeness (QED) is 0.190. The van der Waals surface area contributed by atoms with E-state index in [2.05, 4.69) is 6.92 Å². The van der Waals surface area contributed by atoms with Gasteiger partial charge in [0.25, 0.3) is 0 Å². The third-order valence-corrected chi connectivity index (χ3v) is 5.19. The molecule has 0 fully saturated rings. The molecule has 0 aromatic heterocycles. The number of hydrogen-bond acceptors (Lipinski definition) is 4. The average molecular weight is 451 g/mol. The second-order valence-electron chi connectivity index (χ2n) is 7.16.